The molecular weight excluding hydrogens is 301 g/mol. The molecule has 1 aromatic rings. The molecule has 0 aliphatic carbocycles. The molecular formula is C13H17BrFNO2. The lowest BCUT2D eigenvalue weighted by Crippen LogP contribution is -2.36. The van der Waals surface area contributed by atoms with Crippen molar-refractivity contribution in [1.82, 2.24) is 5.32 Å². The number of rotatable bonds is 6. The molecule has 1 rings (SSSR count). The number of aliphatic hydroxyl groups is 1. The van der Waals surface area contributed by atoms with Crippen LogP contribution in [-0.4, -0.2) is 23.7 Å². The fourth-order valence-electron chi connectivity index (χ4n) is 1.66. The Hall–Kier alpha value is -0.940. The number of carbonyl (C=O) groups excluding carboxylic acids is 1. The molecule has 0 heterocycles. The van der Waals surface area contributed by atoms with Crippen LogP contribution in [-0.2, 0) is 11.2 Å². The summed E-state index contributed by atoms with van der Waals surface area (Å²) in [5.74, 6) is -0.523. The average molecular weight is 318 g/mol. The molecule has 100 valence electrons. The van der Waals surface area contributed by atoms with Crippen molar-refractivity contribution >= 4 is 21.8 Å². The number of nitrogens with one attached hydrogen (secondary N) is 1. The maximum absolute atomic E-state index is 13.1. The van der Waals surface area contributed by atoms with E-state index >= 15 is 0 Å². The maximum Gasteiger partial charge on any atom is 0.224 e. The quantitative estimate of drug-likeness (QED) is 0.846. The first-order chi connectivity index (χ1) is 8.56. The van der Waals surface area contributed by atoms with Crippen molar-refractivity contribution in [1.29, 1.82) is 0 Å². The Morgan fingerprint density at radius 3 is 2.89 bits per heavy atom. The molecule has 0 saturated carbocycles. The van der Waals surface area contributed by atoms with Crippen molar-refractivity contribution in [2.45, 2.75) is 32.2 Å². The zero-order chi connectivity index (χ0) is 13.5. The highest BCUT2D eigenvalue weighted by molar-refractivity contribution is 9.10. The molecule has 1 aromatic carbocycles. The lowest BCUT2D eigenvalue weighted by atomic mass is 10.1. The van der Waals surface area contributed by atoms with Crippen LogP contribution in [0.1, 0.15) is 25.3 Å². The van der Waals surface area contributed by atoms with E-state index in [4.69, 9.17) is 5.11 Å². The number of carbonyl (C=O) groups is 1. The summed E-state index contributed by atoms with van der Waals surface area (Å²) in [6.45, 7) is 1.99. The van der Waals surface area contributed by atoms with Crippen LogP contribution in [0.5, 0.6) is 0 Å². The van der Waals surface area contributed by atoms with Crippen LogP contribution in [0, 0.1) is 5.82 Å². The molecule has 0 radical (unpaired) electrons. The lowest BCUT2D eigenvalue weighted by molar-refractivity contribution is -0.121. The molecule has 0 spiro atoms. The normalized spacial score (nSPS) is 12.2. The first-order valence-corrected chi connectivity index (χ1v) is 6.70. The van der Waals surface area contributed by atoms with Crippen LogP contribution >= 0.6 is 15.9 Å². The third-order valence-electron chi connectivity index (χ3n) is 2.69. The van der Waals surface area contributed by atoms with E-state index in [1.165, 1.54) is 12.1 Å². The number of hydrogen-bond acceptors (Lipinski definition) is 2. The van der Waals surface area contributed by atoms with Crippen LogP contribution in [0.2, 0.25) is 0 Å². The summed E-state index contributed by atoms with van der Waals surface area (Å²) in [5.41, 5.74) is 0.617. The van der Waals surface area contributed by atoms with Crippen LogP contribution in [0.3, 0.4) is 0 Å². The standard InChI is InChI=1S/C13H17BrFNO2/c1-2-11(5-6-17)16-13(18)8-9-7-10(15)3-4-12(9)14/h3-4,7,11,17H,2,5-6,8H2,1H3,(H,16,18). The topological polar surface area (TPSA) is 49.3 Å². The Morgan fingerprint density at radius 1 is 1.56 bits per heavy atom. The fourth-order valence-corrected chi connectivity index (χ4v) is 2.05. The lowest BCUT2D eigenvalue weighted by Gasteiger charge is -2.16. The van der Waals surface area contributed by atoms with Gasteiger partial charge in [-0.15, -0.1) is 0 Å². The van der Waals surface area contributed by atoms with Crippen LogP contribution in [0.4, 0.5) is 4.39 Å². The Kier molecular flexibility index (Phi) is 6.29. The first-order valence-electron chi connectivity index (χ1n) is 5.91. The third-order valence-corrected chi connectivity index (χ3v) is 3.47. The predicted molar refractivity (Wildman–Crippen MR) is 71.7 cm³/mol. The Balaban J connectivity index is 2.61. The Morgan fingerprint density at radius 2 is 2.28 bits per heavy atom. The second kappa shape index (κ2) is 7.48. The van der Waals surface area contributed by atoms with Gasteiger partial charge in [0, 0.05) is 17.1 Å². The zero-order valence-corrected chi connectivity index (χ0v) is 11.8. The molecule has 18 heavy (non-hydrogen) atoms. The van der Waals surface area contributed by atoms with E-state index < -0.39 is 0 Å². The fraction of sp³-hybridized carbons (Fsp3) is 0.462. The summed E-state index contributed by atoms with van der Waals surface area (Å²) in [6, 6.07) is 4.24. The van der Waals surface area contributed by atoms with Gasteiger partial charge in [0.15, 0.2) is 0 Å². The third kappa shape index (κ3) is 4.74. The molecule has 1 unspecified atom stereocenters. The van der Waals surface area contributed by atoms with Gasteiger partial charge in [0.25, 0.3) is 0 Å². The van der Waals surface area contributed by atoms with Gasteiger partial charge >= 0.3 is 0 Å². The highest BCUT2D eigenvalue weighted by Crippen LogP contribution is 2.18. The molecule has 0 aromatic heterocycles. The second-order valence-electron chi connectivity index (χ2n) is 4.10. The molecule has 2 N–H and O–H groups in total. The molecule has 1 atom stereocenters. The highest BCUT2D eigenvalue weighted by atomic mass is 79.9. The van der Waals surface area contributed by atoms with Gasteiger partial charge in [-0.2, -0.15) is 0 Å². The SMILES string of the molecule is CCC(CCO)NC(=O)Cc1cc(F)ccc1Br. The van der Waals surface area contributed by atoms with E-state index in [1.54, 1.807) is 6.07 Å². The second-order valence-corrected chi connectivity index (χ2v) is 4.95. The van der Waals surface area contributed by atoms with Crippen LogP contribution in [0.25, 0.3) is 0 Å². The number of hydrogen-bond donors (Lipinski definition) is 2. The smallest absolute Gasteiger partial charge is 0.224 e. The van der Waals surface area contributed by atoms with Crippen molar-refractivity contribution in [3.63, 3.8) is 0 Å². The minimum absolute atomic E-state index is 0.0326. The minimum atomic E-state index is -0.358. The van der Waals surface area contributed by atoms with E-state index in [0.29, 0.717) is 16.5 Å². The van der Waals surface area contributed by atoms with Crippen molar-refractivity contribution in [2.24, 2.45) is 0 Å². The van der Waals surface area contributed by atoms with E-state index in [2.05, 4.69) is 21.2 Å². The van der Waals surface area contributed by atoms with Crippen molar-refractivity contribution < 1.29 is 14.3 Å². The van der Waals surface area contributed by atoms with Gasteiger partial charge in [-0.1, -0.05) is 22.9 Å². The highest BCUT2D eigenvalue weighted by Gasteiger charge is 2.12. The van der Waals surface area contributed by atoms with E-state index in [1.807, 2.05) is 6.92 Å². The molecule has 5 heteroatoms. The Labute approximate surface area is 115 Å². The summed E-state index contributed by atoms with van der Waals surface area (Å²) in [4.78, 5) is 11.8. The number of halogens is 2. The van der Waals surface area contributed by atoms with Gasteiger partial charge in [-0.25, -0.2) is 4.39 Å². The van der Waals surface area contributed by atoms with E-state index in [9.17, 15) is 9.18 Å². The predicted octanol–water partition coefficient (Wildman–Crippen LogP) is 2.41. The van der Waals surface area contributed by atoms with Crippen molar-refractivity contribution in [3.05, 3.63) is 34.1 Å². The number of benzene rings is 1. The first kappa shape index (κ1) is 15.1. The van der Waals surface area contributed by atoms with Crippen LogP contribution in [0.15, 0.2) is 22.7 Å². The molecule has 0 aliphatic heterocycles. The summed E-state index contributed by atoms with van der Waals surface area (Å²) in [6.07, 6.45) is 1.42. The molecule has 0 aliphatic rings. The van der Waals surface area contributed by atoms with Gasteiger partial charge in [-0.05, 0) is 36.6 Å². The van der Waals surface area contributed by atoms with E-state index in [-0.39, 0.29) is 30.8 Å². The summed E-state index contributed by atoms with van der Waals surface area (Å²) < 4.78 is 13.8. The minimum Gasteiger partial charge on any atom is -0.396 e. The van der Waals surface area contributed by atoms with Crippen molar-refractivity contribution in [3.8, 4) is 0 Å². The average Bonchev–Trinajstić information content (AvgIpc) is 2.33. The van der Waals surface area contributed by atoms with Crippen molar-refractivity contribution in [2.75, 3.05) is 6.61 Å². The Bertz CT molecular complexity index is 412. The van der Waals surface area contributed by atoms with Gasteiger partial charge in [0.2, 0.25) is 5.91 Å². The van der Waals surface area contributed by atoms with Gasteiger partial charge in [0.05, 0.1) is 6.42 Å². The maximum atomic E-state index is 13.1. The van der Waals surface area contributed by atoms with Crippen LogP contribution < -0.4 is 5.32 Å². The van der Waals surface area contributed by atoms with Gasteiger partial charge in [0.1, 0.15) is 5.82 Å². The van der Waals surface area contributed by atoms with E-state index in [0.717, 1.165) is 6.42 Å². The molecule has 0 bridgehead atoms. The van der Waals surface area contributed by atoms with Gasteiger partial charge < -0.3 is 10.4 Å². The summed E-state index contributed by atoms with van der Waals surface area (Å²) >= 11 is 3.29. The summed E-state index contributed by atoms with van der Waals surface area (Å²) in [5, 5.41) is 11.7. The van der Waals surface area contributed by atoms with Gasteiger partial charge in [-0.3, -0.25) is 4.79 Å². The number of amides is 1. The molecule has 3 nitrogen and oxygen atoms in total. The molecule has 0 fully saturated rings. The zero-order valence-electron chi connectivity index (χ0n) is 10.2. The summed E-state index contributed by atoms with van der Waals surface area (Å²) in [7, 11) is 0. The molecule has 1 amide bonds. The monoisotopic (exact) mass is 317 g/mol. The molecule has 0 saturated heterocycles. The number of aliphatic hydroxyl groups excluding tert-OH is 1. The largest absolute Gasteiger partial charge is 0.396 e.